The van der Waals surface area contributed by atoms with Crippen LogP contribution in [0.5, 0.6) is 5.88 Å². The lowest BCUT2D eigenvalue weighted by molar-refractivity contribution is 0.0506. The van der Waals surface area contributed by atoms with Crippen LogP contribution in [0.2, 0.25) is 0 Å². The second kappa shape index (κ2) is 4.20. The van der Waals surface area contributed by atoms with E-state index >= 15 is 0 Å². The number of nitrogens with zero attached hydrogens (tertiary/aromatic N) is 2. The number of ether oxygens (including phenoxy) is 2. The second-order valence-electron chi connectivity index (χ2n) is 6.76. The molecule has 20 heavy (non-hydrogen) atoms. The quantitative estimate of drug-likeness (QED) is 0.855. The molecule has 1 heterocycles. The average molecular weight is 282 g/mol. The lowest BCUT2D eigenvalue weighted by Crippen LogP contribution is -2.32. The van der Waals surface area contributed by atoms with E-state index in [2.05, 4.69) is 5.10 Å². The second-order valence-corrected chi connectivity index (χ2v) is 6.76. The molecule has 0 saturated heterocycles. The molecule has 3 rings (SSSR count). The van der Waals surface area contributed by atoms with Gasteiger partial charge in [-0.1, -0.05) is 0 Å². The van der Waals surface area contributed by atoms with Gasteiger partial charge in [0.05, 0.1) is 6.61 Å². The zero-order valence-corrected chi connectivity index (χ0v) is 11.9. The monoisotopic (exact) mass is 282 g/mol. The summed E-state index contributed by atoms with van der Waals surface area (Å²) in [5, 5.41) is 4.02. The van der Waals surface area contributed by atoms with Crippen LogP contribution in [0.25, 0.3) is 0 Å². The molecule has 110 valence electrons. The highest BCUT2D eigenvalue weighted by Gasteiger charge is 2.68. The first-order valence-electron chi connectivity index (χ1n) is 6.85. The molecule has 1 aromatic rings. The van der Waals surface area contributed by atoms with Crippen molar-refractivity contribution in [3.8, 4) is 5.88 Å². The minimum Gasteiger partial charge on any atom is -0.476 e. The molecule has 2 aliphatic carbocycles. The Balaban J connectivity index is 1.54. The van der Waals surface area contributed by atoms with Gasteiger partial charge >= 0.3 is 6.09 Å². The molecule has 0 radical (unpaired) electrons. The van der Waals surface area contributed by atoms with Gasteiger partial charge in [-0.15, -0.1) is 5.10 Å². The molecule has 5 nitrogen and oxygen atoms in total. The van der Waals surface area contributed by atoms with Crippen LogP contribution in [-0.4, -0.2) is 34.3 Å². The summed E-state index contributed by atoms with van der Waals surface area (Å²) in [5.74, 6) is 0.550. The van der Waals surface area contributed by atoms with Gasteiger partial charge in [0.15, 0.2) is 0 Å². The molecule has 3 atom stereocenters. The van der Waals surface area contributed by atoms with Crippen molar-refractivity contribution in [1.29, 1.82) is 0 Å². The Morgan fingerprint density at radius 1 is 1.55 bits per heavy atom. The number of hydrogen-bond donors (Lipinski definition) is 0. The summed E-state index contributed by atoms with van der Waals surface area (Å²) in [6, 6.07) is 1.61. The van der Waals surface area contributed by atoms with Crippen LogP contribution in [0.3, 0.4) is 0 Å². The molecule has 2 saturated carbocycles. The maximum Gasteiger partial charge on any atom is 0.435 e. The fraction of sp³-hybridized carbons (Fsp3) is 0.714. The molecule has 6 heteroatoms. The van der Waals surface area contributed by atoms with E-state index < -0.39 is 17.9 Å². The first-order valence-corrected chi connectivity index (χ1v) is 6.85. The Kier molecular flexibility index (Phi) is 2.81. The van der Waals surface area contributed by atoms with Gasteiger partial charge in [-0.3, -0.25) is 0 Å². The molecule has 1 aromatic heterocycles. The van der Waals surface area contributed by atoms with Crippen molar-refractivity contribution in [2.24, 2.45) is 11.3 Å². The first-order chi connectivity index (χ1) is 9.29. The summed E-state index contributed by atoms with van der Waals surface area (Å²) in [6.45, 7) is 5.86. The van der Waals surface area contributed by atoms with Crippen LogP contribution in [-0.2, 0) is 4.74 Å². The Morgan fingerprint density at radius 2 is 2.30 bits per heavy atom. The zero-order chi connectivity index (χ0) is 14.5. The number of carbonyl (C=O) groups is 1. The van der Waals surface area contributed by atoms with Crippen molar-refractivity contribution >= 4 is 6.09 Å². The van der Waals surface area contributed by atoms with Gasteiger partial charge in [0.1, 0.15) is 11.8 Å². The van der Waals surface area contributed by atoms with Crippen molar-refractivity contribution in [2.75, 3.05) is 6.61 Å². The van der Waals surface area contributed by atoms with E-state index in [1.807, 2.05) is 0 Å². The molecule has 0 amide bonds. The summed E-state index contributed by atoms with van der Waals surface area (Å²) in [4.78, 5) is 11.8. The number of alkyl halides is 1. The van der Waals surface area contributed by atoms with Gasteiger partial charge in [0, 0.05) is 17.7 Å². The Hall–Kier alpha value is -1.59. The fourth-order valence-electron chi connectivity index (χ4n) is 2.73. The Bertz CT molecular complexity index is 537. The smallest absolute Gasteiger partial charge is 0.435 e. The van der Waals surface area contributed by atoms with E-state index in [9.17, 15) is 9.18 Å². The van der Waals surface area contributed by atoms with E-state index in [0.717, 1.165) is 11.1 Å². The summed E-state index contributed by atoms with van der Waals surface area (Å²) >= 11 is 0. The largest absolute Gasteiger partial charge is 0.476 e. The van der Waals surface area contributed by atoms with Crippen LogP contribution in [0.1, 0.15) is 33.6 Å². The minimum absolute atomic E-state index is 0.0368. The minimum atomic E-state index is -0.655. The van der Waals surface area contributed by atoms with E-state index in [0.29, 0.717) is 18.9 Å². The molecule has 2 aliphatic rings. The molecule has 2 fully saturated rings. The first kappa shape index (κ1) is 13.4. The van der Waals surface area contributed by atoms with Crippen LogP contribution in [0.4, 0.5) is 9.18 Å². The Labute approximate surface area is 117 Å². The topological polar surface area (TPSA) is 53.4 Å². The van der Waals surface area contributed by atoms with E-state index in [1.54, 1.807) is 26.8 Å². The fourth-order valence-corrected chi connectivity index (χ4v) is 2.73. The van der Waals surface area contributed by atoms with Gasteiger partial charge in [-0.25, -0.2) is 9.18 Å². The zero-order valence-electron chi connectivity index (χ0n) is 11.9. The van der Waals surface area contributed by atoms with Crippen molar-refractivity contribution in [3.05, 3.63) is 12.3 Å². The number of carbonyl (C=O) groups excluding carboxylic acids is 1. The SMILES string of the molecule is CC(C)(C)OC(=O)n1ccc(OCC23CC2[C@H](F)C3)n1. The summed E-state index contributed by atoms with van der Waals surface area (Å²) in [5.41, 5.74) is -0.526. The van der Waals surface area contributed by atoms with Crippen LogP contribution >= 0.6 is 0 Å². The predicted octanol–water partition coefficient (Wildman–Crippen LogP) is 2.79. The molecule has 0 N–H and O–H groups in total. The maximum absolute atomic E-state index is 13.1. The predicted molar refractivity (Wildman–Crippen MR) is 69.4 cm³/mol. The van der Waals surface area contributed by atoms with Crippen LogP contribution in [0.15, 0.2) is 12.3 Å². The molecule has 2 unspecified atom stereocenters. The standard InChI is InChI=1S/C14H19FN2O3/c1-13(2,3)20-12(18)17-5-4-11(16-17)19-8-14-6-9(14)10(15)7-14/h4-5,9-10H,6-8H2,1-3H3/t9?,10-,14?/m1/s1. The highest BCUT2D eigenvalue weighted by molar-refractivity contribution is 5.69. The number of rotatable bonds is 3. The van der Waals surface area contributed by atoms with Crippen molar-refractivity contribution < 1.29 is 18.7 Å². The van der Waals surface area contributed by atoms with Crippen LogP contribution < -0.4 is 4.74 Å². The third-order valence-electron chi connectivity index (χ3n) is 3.94. The molecular formula is C14H19FN2O3. The molecule has 0 spiro atoms. The number of aromatic nitrogens is 2. The van der Waals surface area contributed by atoms with Gasteiger partial charge < -0.3 is 9.47 Å². The highest BCUT2D eigenvalue weighted by atomic mass is 19.1. The van der Waals surface area contributed by atoms with Crippen LogP contribution in [0, 0.1) is 11.3 Å². The average Bonchev–Trinajstić information content (AvgIpc) is 2.70. The normalized spacial score (nSPS) is 31.2. The lowest BCUT2D eigenvalue weighted by Gasteiger charge is -2.28. The van der Waals surface area contributed by atoms with Crippen molar-refractivity contribution in [2.45, 2.75) is 45.4 Å². The van der Waals surface area contributed by atoms with Gasteiger partial charge in [0.2, 0.25) is 5.88 Å². The van der Waals surface area contributed by atoms with Crippen molar-refractivity contribution in [3.63, 3.8) is 0 Å². The summed E-state index contributed by atoms with van der Waals surface area (Å²) in [7, 11) is 0. The number of hydrogen-bond acceptors (Lipinski definition) is 4. The van der Waals surface area contributed by atoms with E-state index in [-0.39, 0.29) is 11.3 Å². The third-order valence-corrected chi connectivity index (χ3v) is 3.94. The summed E-state index contributed by atoms with van der Waals surface area (Å²) in [6.07, 6.45) is 1.80. The molecule has 0 bridgehead atoms. The third kappa shape index (κ3) is 2.39. The number of fused-ring (bicyclic) bond motifs is 1. The maximum atomic E-state index is 13.1. The number of halogens is 1. The van der Waals surface area contributed by atoms with Gasteiger partial charge in [-0.05, 0) is 39.5 Å². The van der Waals surface area contributed by atoms with Gasteiger partial charge in [-0.2, -0.15) is 4.68 Å². The molecular weight excluding hydrogens is 263 g/mol. The molecule has 0 aliphatic heterocycles. The van der Waals surface area contributed by atoms with Crippen molar-refractivity contribution in [1.82, 2.24) is 9.78 Å². The summed E-state index contributed by atoms with van der Waals surface area (Å²) < 4.78 is 24.9. The Morgan fingerprint density at radius 3 is 2.85 bits per heavy atom. The lowest BCUT2D eigenvalue weighted by atomic mass is 9.84. The highest BCUT2D eigenvalue weighted by Crippen LogP contribution is 2.68. The molecule has 0 aromatic carbocycles. The van der Waals surface area contributed by atoms with E-state index in [4.69, 9.17) is 9.47 Å². The van der Waals surface area contributed by atoms with E-state index in [1.165, 1.54) is 6.20 Å². The van der Waals surface area contributed by atoms with Gasteiger partial charge in [0.25, 0.3) is 0 Å².